The SMILES string of the molecule is Cc1cc(N)c(C)c(S(=O)(=O)NCC2CCC2)c1. The van der Waals surface area contributed by atoms with Crippen molar-refractivity contribution in [2.45, 2.75) is 38.0 Å². The minimum atomic E-state index is -3.44. The molecule has 0 aromatic heterocycles. The van der Waals surface area contributed by atoms with Crippen molar-refractivity contribution in [3.8, 4) is 0 Å². The molecule has 1 aliphatic rings. The molecule has 0 spiro atoms. The molecule has 0 radical (unpaired) electrons. The summed E-state index contributed by atoms with van der Waals surface area (Å²) in [6, 6.07) is 3.47. The van der Waals surface area contributed by atoms with Gasteiger partial charge in [0.15, 0.2) is 0 Å². The van der Waals surface area contributed by atoms with Crippen LogP contribution in [-0.2, 0) is 10.0 Å². The van der Waals surface area contributed by atoms with E-state index < -0.39 is 10.0 Å². The van der Waals surface area contributed by atoms with Gasteiger partial charge in [-0.2, -0.15) is 0 Å². The van der Waals surface area contributed by atoms with Crippen LogP contribution in [0.1, 0.15) is 30.4 Å². The number of nitrogens with two attached hydrogens (primary N) is 1. The van der Waals surface area contributed by atoms with Gasteiger partial charge in [0.1, 0.15) is 0 Å². The standard InChI is InChI=1S/C13H20N2O2S/c1-9-6-12(14)10(2)13(7-9)18(16,17)15-8-11-4-3-5-11/h6-7,11,15H,3-5,8,14H2,1-2H3. The molecule has 2 rings (SSSR count). The Balaban J connectivity index is 2.22. The van der Waals surface area contributed by atoms with Crippen LogP contribution in [0.5, 0.6) is 0 Å². The van der Waals surface area contributed by atoms with E-state index >= 15 is 0 Å². The number of hydrogen-bond acceptors (Lipinski definition) is 3. The first-order chi connectivity index (χ1) is 8.40. The number of nitrogens with one attached hydrogen (secondary N) is 1. The van der Waals surface area contributed by atoms with E-state index in [1.165, 1.54) is 6.42 Å². The van der Waals surface area contributed by atoms with E-state index in [1.54, 1.807) is 19.1 Å². The predicted octanol–water partition coefficient (Wildman–Crippen LogP) is 1.96. The molecular formula is C13H20N2O2S. The van der Waals surface area contributed by atoms with Crippen molar-refractivity contribution in [2.75, 3.05) is 12.3 Å². The minimum absolute atomic E-state index is 0.305. The monoisotopic (exact) mass is 268 g/mol. The molecule has 3 N–H and O–H groups in total. The molecule has 1 aromatic carbocycles. The summed E-state index contributed by atoms with van der Waals surface area (Å²) in [5.74, 6) is 0.502. The summed E-state index contributed by atoms with van der Waals surface area (Å²) in [4.78, 5) is 0.305. The number of benzene rings is 1. The lowest BCUT2D eigenvalue weighted by Crippen LogP contribution is -2.32. The van der Waals surface area contributed by atoms with E-state index in [-0.39, 0.29) is 0 Å². The highest BCUT2D eigenvalue weighted by Crippen LogP contribution is 2.27. The van der Waals surface area contributed by atoms with Crippen LogP contribution in [0.2, 0.25) is 0 Å². The van der Waals surface area contributed by atoms with E-state index in [9.17, 15) is 8.42 Å². The van der Waals surface area contributed by atoms with E-state index in [2.05, 4.69) is 4.72 Å². The maximum atomic E-state index is 12.2. The number of rotatable bonds is 4. The molecule has 1 fully saturated rings. The molecule has 0 bridgehead atoms. The first-order valence-corrected chi connectivity index (χ1v) is 7.75. The minimum Gasteiger partial charge on any atom is -0.398 e. The lowest BCUT2D eigenvalue weighted by Gasteiger charge is -2.25. The molecule has 0 unspecified atom stereocenters. The Hall–Kier alpha value is -1.07. The fourth-order valence-corrected chi connectivity index (χ4v) is 3.61. The van der Waals surface area contributed by atoms with E-state index in [0.717, 1.165) is 18.4 Å². The molecule has 100 valence electrons. The first kappa shape index (κ1) is 13.4. The fraction of sp³-hybridized carbons (Fsp3) is 0.538. The Bertz CT molecular complexity index is 548. The Morgan fingerprint density at radius 1 is 1.33 bits per heavy atom. The second kappa shape index (κ2) is 4.90. The number of anilines is 1. The largest absolute Gasteiger partial charge is 0.398 e. The molecule has 0 atom stereocenters. The third-order valence-corrected chi connectivity index (χ3v) is 5.17. The molecule has 0 aliphatic heterocycles. The van der Waals surface area contributed by atoms with Gasteiger partial charge in [-0.25, -0.2) is 13.1 Å². The van der Waals surface area contributed by atoms with Crippen LogP contribution < -0.4 is 10.5 Å². The molecule has 0 heterocycles. The number of nitrogen functional groups attached to an aromatic ring is 1. The Morgan fingerprint density at radius 3 is 2.56 bits per heavy atom. The third kappa shape index (κ3) is 2.67. The van der Waals surface area contributed by atoms with Crippen LogP contribution in [0.15, 0.2) is 17.0 Å². The lowest BCUT2D eigenvalue weighted by atomic mass is 9.86. The van der Waals surface area contributed by atoms with Gasteiger partial charge in [-0.15, -0.1) is 0 Å². The molecule has 18 heavy (non-hydrogen) atoms. The average molecular weight is 268 g/mol. The molecule has 5 heteroatoms. The van der Waals surface area contributed by atoms with Crippen molar-refractivity contribution in [3.05, 3.63) is 23.3 Å². The molecule has 1 saturated carbocycles. The second-order valence-electron chi connectivity index (χ2n) is 5.13. The normalized spacial score (nSPS) is 16.6. The van der Waals surface area contributed by atoms with Gasteiger partial charge in [-0.05, 0) is 55.9 Å². The summed E-state index contributed by atoms with van der Waals surface area (Å²) >= 11 is 0. The van der Waals surface area contributed by atoms with Crippen LogP contribution in [0.3, 0.4) is 0 Å². The van der Waals surface area contributed by atoms with Crippen molar-refractivity contribution < 1.29 is 8.42 Å². The van der Waals surface area contributed by atoms with Crippen LogP contribution in [-0.4, -0.2) is 15.0 Å². The summed E-state index contributed by atoms with van der Waals surface area (Å²) in [5.41, 5.74) is 7.84. The fourth-order valence-electron chi connectivity index (χ4n) is 2.13. The summed E-state index contributed by atoms with van der Waals surface area (Å²) in [6.07, 6.45) is 3.46. The van der Waals surface area contributed by atoms with Gasteiger partial charge >= 0.3 is 0 Å². The van der Waals surface area contributed by atoms with Gasteiger partial charge < -0.3 is 5.73 Å². The summed E-state index contributed by atoms with van der Waals surface area (Å²) in [5, 5.41) is 0. The predicted molar refractivity (Wildman–Crippen MR) is 72.9 cm³/mol. The second-order valence-corrected chi connectivity index (χ2v) is 6.86. The van der Waals surface area contributed by atoms with Crippen molar-refractivity contribution >= 4 is 15.7 Å². The zero-order valence-electron chi connectivity index (χ0n) is 10.9. The molecule has 1 aromatic rings. The van der Waals surface area contributed by atoms with E-state index in [1.807, 2.05) is 6.92 Å². The van der Waals surface area contributed by atoms with Gasteiger partial charge in [-0.1, -0.05) is 6.42 Å². The van der Waals surface area contributed by atoms with E-state index in [4.69, 9.17) is 5.73 Å². The van der Waals surface area contributed by atoms with Crippen LogP contribution in [0.4, 0.5) is 5.69 Å². The van der Waals surface area contributed by atoms with Gasteiger partial charge in [0.05, 0.1) is 4.90 Å². The number of sulfonamides is 1. The molecule has 0 amide bonds. The highest BCUT2D eigenvalue weighted by Gasteiger charge is 2.23. The maximum Gasteiger partial charge on any atom is 0.240 e. The molecular weight excluding hydrogens is 248 g/mol. The maximum absolute atomic E-state index is 12.2. The molecule has 1 aliphatic carbocycles. The summed E-state index contributed by atoms with van der Waals surface area (Å²) < 4.78 is 27.2. The Labute approximate surface area is 109 Å². The van der Waals surface area contributed by atoms with E-state index in [0.29, 0.717) is 28.6 Å². The van der Waals surface area contributed by atoms with Gasteiger partial charge in [-0.3, -0.25) is 0 Å². The molecule has 0 saturated heterocycles. The number of aryl methyl sites for hydroxylation is 1. The van der Waals surface area contributed by atoms with Crippen LogP contribution >= 0.6 is 0 Å². The Kier molecular flexibility index (Phi) is 3.64. The topological polar surface area (TPSA) is 72.2 Å². The quantitative estimate of drug-likeness (QED) is 0.820. The zero-order chi connectivity index (χ0) is 13.3. The third-order valence-electron chi connectivity index (χ3n) is 3.62. The Morgan fingerprint density at radius 2 is 2.00 bits per heavy atom. The van der Waals surface area contributed by atoms with Crippen molar-refractivity contribution in [3.63, 3.8) is 0 Å². The average Bonchev–Trinajstić information content (AvgIpc) is 2.20. The van der Waals surface area contributed by atoms with Crippen LogP contribution in [0, 0.1) is 19.8 Å². The zero-order valence-corrected chi connectivity index (χ0v) is 11.7. The smallest absolute Gasteiger partial charge is 0.240 e. The lowest BCUT2D eigenvalue weighted by molar-refractivity contribution is 0.316. The van der Waals surface area contributed by atoms with Gasteiger partial charge in [0, 0.05) is 12.2 Å². The van der Waals surface area contributed by atoms with Crippen LogP contribution in [0.25, 0.3) is 0 Å². The van der Waals surface area contributed by atoms with Crippen molar-refractivity contribution in [1.29, 1.82) is 0 Å². The molecule has 4 nitrogen and oxygen atoms in total. The van der Waals surface area contributed by atoms with Gasteiger partial charge in [0.2, 0.25) is 10.0 Å². The summed E-state index contributed by atoms with van der Waals surface area (Å²) in [6.45, 7) is 4.13. The van der Waals surface area contributed by atoms with Gasteiger partial charge in [0.25, 0.3) is 0 Å². The highest BCUT2D eigenvalue weighted by molar-refractivity contribution is 7.89. The summed E-state index contributed by atoms with van der Waals surface area (Å²) in [7, 11) is -3.44. The highest BCUT2D eigenvalue weighted by atomic mass is 32.2. The first-order valence-electron chi connectivity index (χ1n) is 6.26. The van der Waals surface area contributed by atoms with Crippen molar-refractivity contribution in [1.82, 2.24) is 4.72 Å². The van der Waals surface area contributed by atoms with Crippen molar-refractivity contribution in [2.24, 2.45) is 5.92 Å². The number of hydrogen-bond donors (Lipinski definition) is 2.